The van der Waals surface area contributed by atoms with Crippen LogP contribution in [0.4, 0.5) is 5.69 Å². The van der Waals surface area contributed by atoms with E-state index in [1.54, 1.807) is 25.1 Å². The van der Waals surface area contributed by atoms with Crippen molar-refractivity contribution in [2.45, 2.75) is 19.8 Å². The van der Waals surface area contributed by atoms with E-state index in [1.807, 2.05) is 73.6 Å². The Kier molecular flexibility index (Phi) is 6.08. The molecule has 162 valence electrons. The van der Waals surface area contributed by atoms with Crippen molar-refractivity contribution in [2.75, 3.05) is 19.0 Å². The van der Waals surface area contributed by atoms with Gasteiger partial charge in [0.05, 0.1) is 10.9 Å². The van der Waals surface area contributed by atoms with Gasteiger partial charge in [0.1, 0.15) is 17.1 Å². The molecule has 0 spiro atoms. The predicted molar refractivity (Wildman–Crippen MR) is 127 cm³/mol. The molecule has 0 radical (unpaired) electrons. The van der Waals surface area contributed by atoms with Gasteiger partial charge in [0.15, 0.2) is 0 Å². The lowest BCUT2D eigenvalue weighted by molar-refractivity contribution is -0.134. The third-order valence-corrected chi connectivity index (χ3v) is 5.40. The highest BCUT2D eigenvalue weighted by Crippen LogP contribution is 2.26. The number of carbonyl (C=O) groups excluding carboxylic acids is 1. The fourth-order valence-electron chi connectivity index (χ4n) is 3.68. The Bertz CT molecular complexity index is 1310. The van der Waals surface area contributed by atoms with Gasteiger partial charge in [-0.3, -0.25) is 9.59 Å². The monoisotopic (exact) mass is 427 g/mol. The summed E-state index contributed by atoms with van der Waals surface area (Å²) in [5.74, 6) is 0.555. The van der Waals surface area contributed by atoms with Gasteiger partial charge in [0, 0.05) is 32.3 Å². The molecule has 1 aromatic heterocycles. The van der Waals surface area contributed by atoms with Crippen LogP contribution in [-0.4, -0.2) is 20.1 Å². The second-order valence-electron chi connectivity index (χ2n) is 7.92. The highest BCUT2D eigenvalue weighted by molar-refractivity contribution is 5.84. The molecule has 5 heteroatoms. The van der Waals surface area contributed by atoms with Crippen LogP contribution in [0.5, 0.6) is 5.75 Å². The van der Waals surface area contributed by atoms with Gasteiger partial charge in [-0.1, -0.05) is 42.5 Å². The summed E-state index contributed by atoms with van der Waals surface area (Å²) in [5, 5.41) is 0.454. The van der Waals surface area contributed by atoms with Gasteiger partial charge in [0.25, 0.3) is 0 Å². The van der Waals surface area contributed by atoms with Crippen LogP contribution in [-0.2, 0) is 11.2 Å². The summed E-state index contributed by atoms with van der Waals surface area (Å²) < 4.78 is 11.4. The average Bonchev–Trinajstić information content (AvgIpc) is 2.78. The molecule has 0 saturated heterocycles. The maximum absolute atomic E-state index is 13.0. The number of hydrogen-bond acceptors (Lipinski definition) is 5. The summed E-state index contributed by atoms with van der Waals surface area (Å²) in [7, 11) is 3.98. The SMILES string of the molecule is Cc1oc2cc(OC(=O)CCc3ccc(N(C)C)cc3)ccc2c(=O)c1-c1ccccc1. The highest BCUT2D eigenvalue weighted by atomic mass is 16.5. The van der Waals surface area contributed by atoms with E-state index in [4.69, 9.17) is 9.15 Å². The van der Waals surface area contributed by atoms with Crippen molar-refractivity contribution >= 4 is 22.6 Å². The quantitative estimate of drug-likeness (QED) is 0.306. The number of aryl methyl sites for hydroxylation is 2. The molecule has 0 fully saturated rings. The number of benzene rings is 3. The van der Waals surface area contributed by atoms with E-state index in [2.05, 4.69) is 0 Å². The molecule has 0 saturated carbocycles. The predicted octanol–water partition coefficient (Wildman–Crippen LogP) is 5.37. The molecule has 3 aromatic carbocycles. The largest absolute Gasteiger partial charge is 0.460 e. The van der Waals surface area contributed by atoms with E-state index in [9.17, 15) is 9.59 Å². The molecule has 32 heavy (non-hydrogen) atoms. The van der Waals surface area contributed by atoms with Gasteiger partial charge in [-0.25, -0.2) is 0 Å². The summed E-state index contributed by atoms with van der Waals surface area (Å²) in [5.41, 5.74) is 3.84. The van der Waals surface area contributed by atoms with Crippen LogP contribution >= 0.6 is 0 Å². The molecular weight excluding hydrogens is 402 g/mol. The minimum Gasteiger partial charge on any atom is -0.460 e. The van der Waals surface area contributed by atoms with E-state index >= 15 is 0 Å². The third kappa shape index (κ3) is 4.57. The van der Waals surface area contributed by atoms with E-state index in [0.717, 1.165) is 16.8 Å². The zero-order valence-corrected chi connectivity index (χ0v) is 18.4. The second-order valence-corrected chi connectivity index (χ2v) is 7.92. The molecular formula is C27H25NO4. The Balaban J connectivity index is 1.49. The van der Waals surface area contributed by atoms with Crippen molar-refractivity contribution < 1.29 is 13.9 Å². The Labute approximate surface area is 186 Å². The second kappa shape index (κ2) is 9.10. The molecule has 5 nitrogen and oxygen atoms in total. The van der Waals surface area contributed by atoms with E-state index in [1.165, 1.54) is 0 Å². The molecule has 0 bridgehead atoms. The third-order valence-electron chi connectivity index (χ3n) is 5.40. The van der Waals surface area contributed by atoms with Crippen LogP contribution in [0.3, 0.4) is 0 Å². The lowest BCUT2D eigenvalue weighted by Crippen LogP contribution is -2.11. The van der Waals surface area contributed by atoms with Gasteiger partial charge < -0.3 is 14.1 Å². The van der Waals surface area contributed by atoms with Crippen molar-refractivity contribution in [3.63, 3.8) is 0 Å². The van der Waals surface area contributed by atoms with Crippen molar-refractivity contribution in [2.24, 2.45) is 0 Å². The molecule has 4 aromatic rings. The standard InChI is InChI=1S/C27H25NO4/c1-18-26(20-7-5-4-6-8-20)27(30)23-15-14-22(17-24(23)31-18)32-25(29)16-11-19-9-12-21(13-10-19)28(2)3/h4-10,12-15,17H,11,16H2,1-3H3. The van der Waals surface area contributed by atoms with Crippen molar-refractivity contribution in [3.05, 3.63) is 94.3 Å². The van der Waals surface area contributed by atoms with Crippen LogP contribution in [0.15, 0.2) is 82.0 Å². The lowest BCUT2D eigenvalue weighted by Gasteiger charge is -2.12. The fraction of sp³-hybridized carbons (Fsp3) is 0.185. The number of hydrogen-bond donors (Lipinski definition) is 0. The summed E-state index contributed by atoms with van der Waals surface area (Å²) in [4.78, 5) is 27.4. The van der Waals surface area contributed by atoms with Crippen LogP contribution in [0, 0.1) is 6.92 Å². The van der Waals surface area contributed by atoms with Gasteiger partial charge in [-0.2, -0.15) is 0 Å². The maximum atomic E-state index is 13.0. The number of nitrogens with zero attached hydrogens (tertiary/aromatic N) is 1. The van der Waals surface area contributed by atoms with Crippen LogP contribution in [0.2, 0.25) is 0 Å². The number of carbonyl (C=O) groups is 1. The minimum atomic E-state index is -0.332. The first-order valence-corrected chi connectivity index (χ1v) is 10.5. The molecule has 0 aliphatic heterocycles. The molecule has 0 N–H and O–H groups in total. The summed E-state index contributed by atoms with van der Waals surface area (Å²) in [6, 6.07) is 22.4. The van der Waals surface area contributed by atoms with Crippen molar-refractivity contribution in [1.29, 1.82) is 0 Å². The van der Waals surface area contributed by atoms with Gasteiger partial charge >= 0.3 is 5.97 Å². The minimum absolute atomic E-state index is 0.103. The lowest BCUT2D eigenvalue weighted by atomic mass is 10.0. The number of rotatable bonds is 6. The summed E-state index contributed by atoms with van der Waals surface area (Å²) >= 11 is 0. The van der Waals surface area contributed by atoms with Crippen LogP contribution < -0.4 is 15.1 Å². The van der Waals surface area contributed by atoms with Crippen molar-refractivity contribution in [1.82, 2.24) is 0 Å². The smallest absolute Gasteiger partial charge is 0.311 e. The molecule has 0 atom stereocenters. The maximum Gasteiger partial charge on any atom is 0.311 e. The van der Waals surface area contributed by atoms with Gasteiger partial charge in [-0.05, 0) is 48.7 Å². The molecule has 4 rings (SSSR count). The average molecular weight is 428 g/mol. The topological polar surface area (TPSA) is 59.8 Å². The molecule has 0 aliphatic carbocycles. The number of esters is 1. The number of ether oxygens (including phenoxy) is 1. The molecule has 0 aliphatic rings. The zero-order chi connectivity index (χ0) is 22.7. The molecule has 1 heterocycles. The zero-order valence-electron chi connectivity index (χ0n) is 18.4. The number of fused-ring (bicyclic) bond motifs is 1. The molecule has 0 unspecified atom stereocenters. The van der Waals surface area contributed by atoms with Gasteiger partial charge in [-0.15, -0.1) is 0 Å². The van der Waals surface area contributed by atoms with Crippen molar-refractivity contribution in [3.8, 4) is 16.9 Å². The summed E-state index contributed by atoms with van der Waals surface area (Å²) in [6.45, 7) is 1.77. The van der Waals surface area contributed by atoms with E-state index in [-0.39, 0.29) is 17.8 Å². The van der Waals surface area contributed by atoms with E-state index < -0.39 is 0 Å². The Morgan fingerprint density at radius 3 is 2.38 bits per heavy atom. The van der Waals surface area contributed by atoms with Crippen LogP contribution in [0.1, 0.15) is 17.7 Å². The fourth-order valence-corrected chi connectivity index (χ4v) is 3.68. The Hall–Kier alpha value is -3.86. The first-order valence-electron chi connectivity index (χ1n) is 10.5. The van der Waals surface area contributed by atoms with Gasteiger partial charge in [0.2, 0.25) is 5.43 Å². The Morgan fingerprint density at radius 1 is 0.969 bits per heavy atom. The summed E-state index contributed by atoms with van der Waals surface area (Å²) in [6.07, 6.45) is 0.851. The number of anilines is 1. The first kappa shape index (κ1) is 21.4. The molecule has 0 amide bonds. The van der Waals surface area contributed by atoms with Crippen LogP contribution in [0.25, 0.3) is 22.1 Å². The normalized spacial score (nSPS) is 10.8. The highest BCUT2D eigenvalue weighted by Gasteiger charge is 2.15. The van der Waals surface area contributed by atoms with E-state index in [0.29, 0.717) is 34.5 Å². The Morgan fingerprint density at radius 2 is 1.69 bits per heavy atom. The first-order chi connectivity index (χ1) is 15.4.